The number of nitrogens with one attached hydrogen (secondary N) is 1. The number of esters is 1. The summed E-state index contributed by atoms with van der Waals surface area (Å²) in [6.45, 7) is 1.78. The van der Waals surface area contributed by atoms with E-state index in [1.54, 1.807) is 13.0 Å². The summed E-state index contributed by atoms with van der Waals surface area (Å²) < 4.78 is 10.3. The topological polar surface area (TPSA) is 88.8 Å². The fraction of sp³-hybridized carbons (Fsp3) is 0.400. The quantitative estimate of drug-likeness (QED) is 0.598. The second kappa shape index (κ2) is 6.41. The molecular weight excluding hydrogens is 294 g/mol. The summed E-state index contributed by atoms with van der Waals surface area (Å²) in [5.74, 6) is -0.576. The van der Waals surface area contributed by atoms with Gasteiger partial charge in [-0.3, -0.25) is 4.79 Å². The fourth-order valence-corrected chi connectivity index (χ4v) is 1.70. The number of amides is 1. The highest BCUT2D eigenvalue weighted by atomic mass is 79.9. The van der Waals surface area contributed by atoms with Gasteiger partial charge in [-0.15, -0.1) is 0 Å². The highest BCUT2D eigenvalue weighted by Crippen LogP contribution is 2.27. The predicted molar refractivity (Wildman–Crippen MR) is 61.0 cm³/mol. The number of carbonyl (C=O) groups is 2. The average molecular weight is 306 g/mol. The van der Waals surface area contributed by atoms with Gasteiger partial charge in [-0.2, -0.15) is 0 Å². The van der Waals surface area contributed by atoms with Crippen LogP contribution in [0.4, 0.5) is 0 Å². The standard InChI is InChI=1S/C10H12BrNO5/c1-2-16-10(15)7(12-5-13)8(14)9-6(11)3-4-17-9/h3-5,7-8,14H,2H2,1H3,(H,12,13). The maximum absolute atomic E-state index is 11.5. The molecule has 6 nitrogen and oxygen atoms in total. The Morgan fingerprint density at radius 2 is 2.47 bits per heavy atom. The molecule has 0 saturated carbocycles. The lowest BCUT2D eigenvalue weighted by atomic mass is 10.1. The molecule has 0 aliphatic heterocycles. The van der Waals surface area contributed by atoms with Crippen LogP contribution in [0.5, 0.6) is 0 Å². The van der Waals surface area contributed by atoms with Crippen molar-refractivity contribution in [3.8, 4) is 0 Å². The lowest BCUT2D eigenvalue weighted by Gasteiger charge is -2.19. The molecule has 7 heteroatoms. The van der Waals surface area contributed by atoms with E-state index in [0.717, 1.165) is 0 Å². The number of hydrogen-bond acceptors (Lipinski definition) is 5. The van der Waals surface area contributed by atoms with E-state index in [4.69, 9.17) is 9.15 Å². The molecule has 0 fully saturated rings. The molecule has 0 aromatic carbocycles. The van der Waals surface area contributed by atoms with Crippen LogP contribution in [0.3, 0.4) is 0 Å². The number of rotatable bonds is 6. The van der Waals surface area contributed by atoms with E-state index >= 15 is 0 Å². The van der Waals surface area contributed by atoms with Crippen molar-refractivity contribution in [1.82, 2.24) is 5.32 Å². The molecule has 0 saturated heterocycles. The molecular formula is C10H12BrNO5. The van der Waals surface area contributed by atoms with E-state index in [1.165, 1.54) is 6.26 Å². The number of aliphatic hydroxyl groups is 1. The molecule has 2 unspecified atom stereocenters. The number of halogens is 1. The Morgan fingerprint density at radius 1 is 1.76 bits per heavy atom. The van der Waals surface area contributed by atoms with Gasteiger partial charge in [0.25, 0.3) is 0 Å². The van der Waals surface area contributed by atoms with Crippen molar-refractivity contribution in [2.24, 2.45) is 0 Å². The summed E-state index contributed by atoms with van der Waals surface area (Å²) in [4.78, 5) is 21.9. The van der Waals surface area contributed by atoms with Crippen molar-refractivity contribution in [3.05, 3.63) is 22.6 Å². The van der Waals surface area contributed by atoms with Crippen molar-refractivity contribution in [3.63, 3.8) is 0 Å². The molecule has 0 spiro atoms. The van der Waals surface area contributed by atoms with Crippen molar-refractivity contribution in [2.75, 3.05) is 6.61 Å². The highest BCUT2D eigenvalue weighted by molar-refractivity contribution is 9.10. The number of hydrogen-bond donors (Lipinski definition) is 2. The van der Waals surface area contributed by atoms with E-state index in [0.29, 0.717) is 10.9 Å². The first-order valence-electron chi connectivity index (χ1n) is 4.89. The number of carbonyl (C=O) groups excluding carboxylic acids is 2. The van der Waals surface area contributed by atoms with Gasteiger partial charge in [0.05, 0.1) is 17.3 Å². The summed E-state index contributed by atoms with van der Waals surface area (Å²) >= 11 is 3.15. The van der Waals surface area contributed by atoms with Gasteiger partial charge in [-0.05, 0) is 28.9 Å². The molecule has 17 heavy (non-hydrogen) atoms. The van der Waals surface area contributed by atoms with Crippen LogP contribution in [0.15, 0.2) is 21.2 Å². The third-order valence-corrected chi connectivity index (χ3v) is 2.67. The minimum Gasteiger partial charge on any atom is -0.465 e. The van der Waals surface area contributed by atoms with Crippen LogP contribution in [0, 0.1) is 0 Å². The Hall–Kier alpha value is -1.34. The smallest absolute Gasteiger partial charge is 0.331 e. The van der Waals surface area contributed by atoms with Gasteiger partial charge in [0.2, 0.25) is 6.41 Å². The minimum absolute atomic E-state index is 0.150. The Kier molecular flexibility index (Phi) is 5.17. The summed E-state index contributed by atoms with van der Waals surface area (Å²) in [5, 5.41) is 12.1. The van der Waals surface area contributed by atoms with Crippen LogP contribution < -0.4 is 5.32 Å². The summed E-state index contributed by atoms with van der Waals surface area (Å²) in [7, 11) is 0. The van der Waals surface area contributed by atoms with Crippen LogP contribution in [0.25, 0.3) is 0 Å². The monoisotopic (exact) mass is 305 g/mol. The van der Waals surface area contributed by atoms with Gasteiger partial charge < -0.3 is 19.6 Å². The molecule has 1 amide bonds. The molecule has 0 radical (unpaired) electrons. The third-order valence-electron chi connectivity index (χ3n) is 2.02. The van der Waals surface area contributed by atoms with Crippen LogP contribution in [0.1, 0.15) is 18.8 Å². The molecule has 1 aromatic rings. The van der Waals surface area contributed by atoms with E-state index in [2.05, 4.69) is 21.2 Å². The van der Waals surface area contributed by atoms with Gasteiger partial charge in [0.15, 0.2) is 6.04 Å². The average Bonchev–Trinajstić information content (AvgIpc) is 2.71. The van der Waals surface area contributed by atoms with Crippen LogP contribution in [-0.2, 0) is 14.3 Å². The van der Waals surface area contributed by atoms with E-state index < -0.39 is 18.1 Å². The second-order valence-corrected chi connectivity index (χ2v) is 3.95. The van der Waals surface area contributed by atoms with Crippen LogP contribution in [0.2, 0.25) is 0 Å². The normalized spacial score (nSPS) is 13.8. The van der Waals surface area contributed by atoms with Gasteiger partial charge in [0.1, 0.15) is 11.9 Å². The molecule has 2 N–H and O–H groups in total. The first-order chi connectivity index (χ1) is 8.11. The summed E-state index contributed by atoms with van der Waals surface area (Å²) in [6, 6.07) is 0.372. The van der Waals surface area contributed by atoms with Gasteiger partial charge in [-0.1, -0.05) is 0 Å². The van der Waals surface area contributed by atoms with Crippen LogP contribution >= 0.6 is 15.9 Å². The number of furan rings is 1. The first kappa shape index (κ1) is 13.7. The largest absolute Gasteiger partial charge is 0.465 e. The zero-order valence-electron chi connectivity index (χ0n) is 9.05. The van der Waals surface area contributed by atoms with Crippen molar-refractivity contribution in [2.45, 2.75) is 19.1 Å². The van der Waals surface area contributed by atoms with Gasteiger partial charge in [0, 0.05) is 0 Å². The molecule has 2 atom stereocenters. The van der Waals surface area contributed by atoms with Crippen molar-refractivity contribution in [1.29, 1.82) is 0 Å². The Labute approximate surface area is 106 Å². The van der Waals surface area contributed by atoms with Gasteiger partial charge >= 0.3 is 5.97 Å². The molecule has 0 aliphatic rings. The minimum atomic E-state index is -1.32. The SMILES string of the molecule is CCOC(=O)C(NC=O)C(O)c1occc1Br. The fourth-order valence-electron chi connectivity index (χ4n) is 1.26. The molecule has 1 heterocycles. The molecule has 0 bridgehead atoms. The maximum Gasteiger partial charge on any atom is 0.331 e. The lowest BCUT2D eigenvalue weighted by molar-refractivity contribution is -0.150. The van der Waals surface area contributed by atoms with E-state index in [9.17, 15) is 14.7 Å². The third kappa shape index (κ3) is 3.31. The highest BCUT2D eigenvalue weighted by Gasteiger charge is 2.32. The maximum atomic E-state index is 11.5. The first-order valence-corrected chi connectivity index (χ1v) is 5.68. The lowest BCUT2D eigenvalue weighted by Crippen LogP contribution is -2.42. The number of aliphatic hydroxyl groups excluding tert-OH is 1. The van der Waals surface area contributed by atoms with Crippen molar-refractivity contribution < 1.29 is 23.8 Å². The van der Waals surface area contributed by atoms with E-state index in [1.807, 2.05) is 0 Å². The zero-order chi connectivity index (χ0) is 12.8. The summed E-state index contributed by atoms with van der Waals surface area (Å²) in [6.07, 6.45) is 0.358. The predicted octanol–water partition coefficient (Wildman–Crippen LogP) is 0.753. The number of ether oxygens (including phenoxy) is 1. The van der Waals surface area contributed by atoms with Gasteiger partial charge in [-0.25, -0.2) is 4.79 Å². The Balaban J connectivity index is 2.87. The molecule has 1 aromatic heterocycles. The van der Waals surface area contributed by atoms with Crippen molar-refractivity contribution >= 4 is 28.3 Å². The molecule has 1 rings (SSSR count). The second-order valence-electron chi connectivity index (χ2n) is 3.09. The summed E-state index contributed by atoms with van der Waals surface area (Å²) in [5.41, 5.74) is 0. The molecule has 0 aliphatic carbocycles. The van der Waals surface area contributed by atoms with E-state index in [-0.39, 0.29) is 12.4 Å². The van der Waals surface area contributed by atoms with Crippen LogP contribution in [-0.4, -0.2) is 30.1 Å². The Bertz CT molecular complexity index is 392. The Morgan fingerprint density at radius 3 is 2.94 bits per heavy atom. The zero-order valence-corrected chi connectivity index (χ0v) is 10.6. The molecule has 94 valence electrons.